The van der Waals surface area contributed by atoms with E-state index in [1.807, 2.05) is 35.8 Å². The summed E-state index contributed by atoms with van der Waals surface area (Å²) in [6, 6.07) is 14.3. The molecule has 1 saturated heterocycles. The van der Waals surface area contributed by atoms with Crippen molar-refractivity contribution in [3.05, 3.63) is 70.0 Å². The number of nitrogens with zero attached hydrogens (tertiary/aromatic N) is 4. The van der Waals surface area contributed by atoms with Crippen LogP contribution in [-0.2, 0) is 0 Å². The zero-order valence-electron chi connectivity index (χ0n) is 16.1. The lowest BCUT2D eigenvalue weighted by molar-refractivity contribution is 0.635. The quantitative estimate of drug-likeness (QED) is 0.565. The summed E-state index contributed by atoms with van der Waals surface area (Å²) in [7, 11) is 0. The van der Waals surface area contributed by atoms with Gasteiger partial charge in [0.1, 0.15) is 10.5 Å². The molecule has 6 nitrogen and oxygen atoms in total. The Balaban J connectivity index is 1.46. The summed E-state index contributed by atoms with van der Waals surface area (Å²) in [5.41, 5.74) is 4.03. The van der Waals surface area contributed by atoms with Gasteiger partial charge in [0.25, 0.3) is 5.56 Å². The summed E-state index contributed by atoms with van der Waals surface area (Å²) < 4.78 is 0.678. The summed E-state index contributed by atoms with van der Waals surface area (Å²) in [4.78, 5) is 29.4. The molecule has 0 aliphatic carbocycles. The zero-order chi connectivity index (χ0) is 19.8. The molecule has 1 aliphatic heterocycles. The number of rotatable bonds is 3. The second-order valence-corrected chi connectivity index (χ2v) is 8.13. The van der Waals surface area contributed by atoms with E-state index in [4.69, 9.17) is 4.98 Å². The molecule has 1 aliphatic rings. The molecule has 146 valence electrons. The number of anilines is 2. The molecule has 1 N–H and O–H groups in total. The largest absolute Gasteiger partial charge is 0.353 e. The normalized spacial score (nSPS) is 14.5. The SMILES string of the molecule is Cc1cccc(-c2csc3c(=O)[nH]c(N4CCN(c5ccccn5)CC4)nc23)c1. The fourth-order valence-electron chi connectivity index (χ4n) is 3.77. The molecule has 0 saturated carbocycles. The van der Waals surface area contributed by atoms with E-state index in [0.717, 1.165) is 48.6 Å². The molecule has 0 radical (unpaired) electrons. The smallest absolute Gasteiger partial charge is 0.270 e. The lowest BCUT2D eigenvalue weighted by Crippen LogP contribution is -2.47. The number of thiophene rings is 1. The van der Waals surface area contributed by atoms with Crippen molar-refractivity contribution >= 4 is 33.3 Å². The number of hydrogen-bond acceptors (Lipinski definition) is 6. The summed E-state index contributed by atoms with van der Waals surface area (Å²) in [5, 5.41) is 2.03. The average Bonchev–Trinajstić information content (AvgIpc) is 3.19. The van der Waals surface area contributed by atoms with Crippen LogP contribution in [-0.4, -0.2) is 41.1 Å². The van der Waals surface area contributed by atoms with Gasteiger partial charge >= 0.3 is 0 Å². The van der Waals surface area contributed by atoms with Crippen molar-refractivity contribution in [1.82, 2.24) is 15.0 Å². The third kappa shape index (κ3) is 3.38. The van der Waals surface area contributed by atoms with Crippen molar-refractivity contribution in [2.45, 2.75) is 6.92 Å². The molecule has 0 unspecified atom stereocenters. The Morgan fingerprint density at radius 3 is 2.62 bits per heavy atom. The van der Waals surface area contributed by atoms with Crippen molar-refractivity contribution in [2.24, 2.45) is 0 Å². The Labute approximate surface area is 172 Å². The maximum atomic E-state index is 12.7. The molecule has 1 fully saturated rings. The Kier molecular flexibility index (Phi) is 4.52. The number of aryl methyl sites for hydroxylation is 1. The van der Waals surface area contributed by atoms with Crippen LogP contribution in [0.4, 0.5) is 11.8 Å². The fraction of sp³-hybridized carbons (Fsp3) is 0.227. The Morgan fingerprint density at radius 2 is 1.86 bits per heavy atom. The molecule has 5 rings (SSSR count). The summed E-state index contributed by atoms with van der Waals surface area (Å²) >= 11 is 1.45. The summed E-state index contributed by atoms with van der Waals surface area (Å²) in [6.45, 7) is 5.33. The molecule has 1 aromatic carbocycles. The predicted octanol–water partition coefficient (Wildman–Crippen LogP) is 3.68. The van der Waals surface area contributed by atoms with E-state index in [2.05, 4.69) is 44.9 Å². The van der Waals surface area contributed by atoms with Gasteiger partial charge in [-0.05, 0) is 24.6 Å². The van der Waals surface area contributed by atoms with E-state index in [-0.39, 0.29) is 5.56 Å². The molecule has 0 atom stereocenters. The van der Waals surface area contributed by atoms with Gasteiger partial charge in [-0.2, -0.15) is 0 Å². The number of pyridine rings is 1. The van der Waals surface area contributed by atoms with Gasteiger partial charge in [0.2, 0.25) is 5.95 Å². The van der Waals surface area contributed by atoms with E-state index in [0.29, 0.717) is 10.6 Å². The maximum Gasteiger partial charge on any atom is 0.270 e. The standard InChI is InChI=1S/C22H21N5OS/c1-15-5-4-6-16(13-15)17-14-29-20-19(17)24-22(25-21(20)28)27-11-9-26(10-12-27)18-7-2-3-8-23-18/h2-8,13-14H,9-12H2,1H3,(H,24,25,28). The summed E-state index contributed by atoms with van der Waals surface area (Å²) in [6.07, 6.45) is 1.82. The minimum absolute atomic E-state index is 0.0685. The highest BCUT2D eigenvalue weighted by Crippen LogP contribution is 2.32. The van der Waals surface area contributed by atoms with Gasteiger partial charge < -0.3 is 9.80 Å². The monoisotopic (exact) mass is 403 g/mol. The number of piperazine rings is 1. The fourth-order valence-corrected chi connectivity index (χ4v) is 4.68. The number of H-pyrrole nitrogens is 1. The van der Waals surface area contributed by atoms with E-state index in [9.17, 15) is 4.79 Å². The van der Waals surface area contributed by atoms with Crippen LogP contribution in [0.25, 0.3) is 21.3 Å². The number of aromatic nitrogens is 3. The van der Waals surface area contributed by atoms with Crippen molar-refractivity contribution in [2.75, 3.05) is 36.0 Å². The van der Waals surface area contributed by atoms with Crippen LogP contribution in [0.15, 0.2) is 58.8 Å². The van der Waals surface area contributed by atoms with E-state index in [1.54, 1.807) is 0 Å². The molecule has 4 heterocycles. The van der Waals surface area contributed by atoms with Gasteiger partial charge in [-0.15, -0.1) is 11.3 Å². The van der Waals surface area contributed by atoms with Crippen molar-refractivity contribution < 1.29 is 0 Å². The van der Waals surface area contributed by atoms with E-state index in [1.165, 1.54) is 16.9 Å². The third-order valence-electron chi connectivity index (χ3n) is 5.30. The lowest BCUT2D eigenvalue weighted by Gasteiger charge is -2.35. The predicted molar refractivity (Wildman–Crippen MR) is 119 cm³/mol. The van der Waals surface area contributed by atoms with Crippen LogP contribution >= 0.6 is 11.3 Å². The van der Waals surface area contributed by atoms with Gasteiger partial charge in [0.05, 0.1) is 5.52 Å². The second-order valence-electron chi connectivity index (χ2n) is 7.25. The van der Waals surface area contributed by atoms with Crippen LogP contribution in [0.5, 0.6) is 0 Å². The molecule has 3 aromatic heterocycles. The van der Waals surface area contributed by atoms with Crippen LogP contribution in [0.2, 0.25) is 0 Å². The highest BCUT2D eigenvalue weighted by Gasteiger charge is 2.21. The van der Waals surface area contributed by atoms with E-state index >= 15 is 0 Å². The van der Waals surface area contributed by atoms with Crippen LogP contribution in [0.1, 0.15) is 5.56 Å². The molecule has 0 amide bonds. The average molecular weight is 404 g/mol. The maximum absolute atomic E-state index is 12.7. The first-order chi connectivity index (χ1) is 14.2. The number of aromatic amines is 1. The van der Waals surface area contributed by atoms with Gasteiger partial charge in [-0.25, -0.2) is 9.97 Å². The first-order valence-corrected chi connectivity index (χ1v) is 10.6. The molecule has 7 heteroatoms. The van der Waals surface area contributed by atoms with Gasteiger partial charge in [-0.1, -0.05) is 35.9 Å². The van der Waals surface area contributed by atoms with Crippen LogP contribution in [0, 0.1) is 6.92 Å². The van der Waals surface area contributed by atoms with Crippen molar-refractivity contribution in [1.29, 1.82) is 0 Å². The molecular formula is C22H21N5OS. The molecule has 0 bridgehead atoms. The lowest BCUT2D eigenvalue weighted by atomic mass is 10.1. The highest BCUT2D eigenvalue weighted by atomic mass is 32.1. The molecule has 29 heavy (non-hydrogen) atoms. The Bertz CT molecular complexity index is 1210. The van der Waals surface area contributed by atoms with Crippen molar-refractivity contribution in [3.63, 3.8) is 0 Å². The summed E-state index contributed by atoms with van der Waals surface area (Å²) in [5.74, 6) is 1.64. The molecule has 4 aromatic rings. The third-order valence-corrected chi connectivity index (χ3v) is 6.26. The van der Waals surface area contributed by atoms with E-state index < -0.39 is 0 Å². The van der Waals surface area contributed by atoms with Crippen LogP contribution < -0.4 is 15.4 Å². The Morgan fingerprint density at radius 1 is 1.03 bits per heavy atom. The number of hydrogen-bond donors (Lipinski definition) is 1. The van der Waals surface area contributed by atoms with Crippen molar-refractivity contribution in [3.8, 4) is 11.1 Å². The topological polar surface area (TPSA) is 65.1 Å². The van der Waals surface area contributed by atoms with Gasteiger partial charge in [0, 0.05) is 43.3 Å². The Hall–Kier alpha value is -3.19. The molecule has 0 spiro atoms. The van der Waals surface area contributed by atoms with Crippen LogP contribution in [0.3, 0.4) is 0 Å². The molecular weight excluding hydrogens is 382 g/mol. The minimum atomic E-state index is -0.0685. The first kappa shape index (κ1) is 17.9. The van der Waals surface area contributed by atoms with Gasteiger partial charge in [0.15, 0.2) is 0 Å². The highest BCUT2D eigenvalue weighted by molar-refractivity contribution is 7.17. The number of fused-ring (bicyclic) bond motifs is 1. The minimum Gasteiger partial charge on any atom is -0.353 e. The zero-order valence-corrected chi connectivity index (χ0v) is 16.9. The second kappa shape index (κ2) is 7.33. The number of benzene rings is 1. The number of nitrogens with one attached hydrogen (secondary N) is 1. The van der Waals surface area contributed by atoms with Gasteiger partial charge in [-0.3, -0.25) is 9.78 Å². The first-order valence-electron chi connectivity index (χ1n) is 9.68.